The molecule has 2 N–H and O–H groups in total. The van der Waals surface area contributed by atoms with Crippen LogP contribution >= 0.6 is 0 Å². The second-order valence-electron chi connectivity index (χ2n) is 7.21. The van der Waals surface area contributed by atoms with E-state index in [1.165, 1.54) is 18.1 Å². The van der Waals surface area contributed by atoms with Crippen molar-refractivity contribution >= 4 is 21.6 Å². The van der Waals surface area contributed by atoms with Crippen LogP contribution in [0.25, 0.3) is 0 Å². The number of rotatable bonds is 9. The molecule has 0 atom stereocenters. The van der Waals surface area contributed by atoms with E-state index in [-0.39, 0.29) is 23.8 Å². The van der Waals surface area contributed by atoms with E-state index in [0.717, 1.165) is 9.87 Å². The van der Waals surface area contributed by atoms with Crippen molar-refractivity contribution in [2.75, 3.05) is 24.6 Å². The van der Waals surface area contributed by atoms with Gasteiger partial charge >= 0.3 is 0 Å². The number of ether oxygens (including phenoxy) is 1. The highest BCUT2D eigenvalue weighted by Crippen LogP contribution is 2.33. The molecule has 0 heterocycles. The summed E-state index contributed by atoms with van der Waals surface area (Å²) in [5.74, 6) is -0.0702. The molecule has 0 radical (unpaired) electrons. The van der Waals surface area contributed by atoms with Crippen molar-refractivity contribution in [2.24, 2.45) is 5.73 Å². The molecule has 3 rings (SSSR count). The SMILES string of the molecule is COc1ccccc1N(CC(=O)N(CN)Cc1ccccc1)S(=O)(=O)c1ccccc1C. The van der Waals surface area contributed by atoms with E-state index in [1.54, 1.807) is 49.4 Å². The molecule has 168 valence electrons. The zero-order valence-electron chi connectivity index (χ0n) is 18.1. The van der Waals surface area contributed by atoms with E-state index >= 15 is 0 Å². The normalized spacial score (nSPS) is 11.1. The van der Waals surface area contributed by atoms with E-state index in [4.69, 9.17) is 10.5 Å². The van der Waals surface area contributed by atoms with Gasteiger partial charge in [-0.2, -0.15) is 0 Å². The zero-order valence-corrected chi connectivity index (χ0v) is 19.0. The number of carbonyl (C=O) groups excluding carboxylic acids is 1. The number of benzene rings is 3. The highest BCUT2D eigenvalue weighted by Gasteiger charge is 2.31. The third-order valence-corrected chi connectivity index (χ3v) is 7.00. The minimum Gasteiger partial charge on any atom is -0.495 e. The second kappa shape index (κ2) is 10.3. The van der Waals surface area contributed by atoms with Gasteiger partial charge in [0.05, 0.1) is 24.4 Å². The third kappa shape index (κ3) is 5.09. The van der Waals surface area contributed by atoms with Crippen LogP contribution in [-0.4, -0.2) is 39.5 Å². The summed E-state index contributed by atoms with van der Waals surface area (Å²) in [7, 11) is -2.60. The van der Waals surface area contributed by atoms with E-state index in [9.17, 15) is 13.2 Å². The summed E-state index contributed by atoms with van der Waals surface area (Å²) in [6.45, 7) is 1.54. The molecule has 0 bridgehead atoms. The zero-order chi connectivity index (χ0) is 23.1. The first-order chi connectivity index (χ1) is 15.4. The summed E-state index contributed by atoms with van der Waals surface area (Å²) in [6, 6.07) is 22.8. The van der Waals surface area contributed by atoms with Crippen molar-refractivity contribution in [1.29, 1.82) is 0 Å². The van der Waals surface area contributed by atoms with Gasteiger partial charge in [-0.05, 0) is 36.2 Å². The number of anilines is 1. The maximum absolute atomic E-state index is 13.7. The molecule has 0 aliphatic rings. The van der Waals surface area contributed by atoms with Gasteiger partial charge < -0.3 is 15.4 Å². The van der Waals surface area contributed by atoms with Gasteiger partial charge in [-0.1, -0.05) is 60.7 Å². The van der Waals surface area contributed by atoms with Crippen molar-refractivity contribution in [3.05, 3.63) is 90.0 Å². The summed E-state index contributed by atoms with van der Waals surface area (Å²) in [6.07, 6.45) is 0. The largest absolute Gasteiger partial charge is 0.495 e. The summed E-state index contributed by atoms with van der Waals surface area (Å²) in [4.78, 5) is 14.8. The van der Waals surface area contributed by atoms with Crippen LogP contribution in [0.4, 0.5) is 5.69 Å². The molecule has 1 amide bonds. The standard InChI is InChI=1S/C24H27N3O4S/c1-19-10-6-9-15-23(19)32(29,30)27(21-13-7-8-14-22(21)31-2)17-24(28)26(18-25)16-20-11-4-3-5-12-20/h3-15H,16-18,25H2,1-2H3. The number of nitrogens with zero attached hydrogens (tertiary/aromatic N) is 2. The van der Waals surface area contributed by atoms with Crippen LogP contribution in [0.1, 0.15) is 11.1 Å². The highest BCUT2D eigenvalue weighted by atomic mass is 32.2. The van der Waals surface area contributed by atoms with Crippen LogP contribution in [0.2, 0.25) is 0 Å². The molecular weight excluding hydrogens is 426 g/mol. The Balaban J connectivity index is 2.01. The topological polar surface area (TPSA) is 92.9 Å². The van der Waals surface area contributed by atoms with Crippen LogP contribution in [0.3, 0.4) is 0 Å². The lowest BCUT2D eigenvalue weighted by Gasteiger charge is -2.29. The predicted molar refractivity (Wildman–Crippen MR) is 125 cm³/mol. The van der Waals surface area contributed by atoms with Crippen LogP contribution in [0, 0.1) is 6.92 Å². The molecule has 0 fully saturated rings. The third-order valence-electron chi connectivity index (χ3n) is 5.08. The van der Waals surface area contributed by atoms with E-state index in [0.29, 0.717) is 11.3 Å². The molecule has 0 spiro atoms. The van der Waals surface area contributed by atoms with E-state index < -0.39 is 22.5 Å². The lowest BCUT2D eigenvalue weighted by Crippen LogP contribution is -2.45. The number of carbonyl (C=O) groups is 1. The first-order valence-corrected chi connectivity index (χ1v) is 11.6. The Morgan fingerprint density at radius 3 is 2.22 bits per heavy atom. The van der Waals surface area contributed by atoms with Crippen molar-refractivity contribution in [3.63, 3.8) is 0 Å². The van der Waals surface area contributed by atoms with Crippen LogP contribution in [-0.2, 0) is 21.4 Å². The monoisotopic (exact) mass is 453 g/mol. The molecule has 0 saturated carbocycles. The van der Waals surface area contributed by atoms with E-state index in [2.05, 4.69) is 0 Å². The van der Waals surface area contributed by atoms with Crippen LogP contribution < -0.4 is 14.8 Å². The number of amides is 1. The number of hydrogen-bond donors (Lipinski definition) is 1. The average molecular weight is 454 g/mol. The first-order valence-electron chi connectivity index (χ1n) is 10.1. The maximum atomic E-state index is 13.7. The number of nitrogens with two attached hydrogens (primary N) is 1. The van der Waals surface area contributed by atoms with Crippen LogP contribution in [0.5, 0.6) is 5.75 Å². The predicted octanol–water partition coefficient (Wildman–Crippen LogP) is 3.14. The van der Waals surface area contributed by atoms with Gasteiger partial charge in [0.25, 0.3) is 10.0 Å². The quantitative estimate of drug-likeness (QED) is 0.503. The number of para-hydroxylation sites is 2. The summed E-state index contributed by atoms with van der Waals surface area (Å²) in [5, 5.41) is 0. The van der Waals surface area contributed by atoms with Crippen molar-refractivity contribution in [1.82, 2.24) is 4.90 Å². The Hall–Kier alpha value is -3.36. The van der Waals surface area contributed by atoms with Gasteiger partial charge in [0.2, 0.25) is 5.91 Å². The van der Waals surface area contributed by atoms with E-state index in [1.807, 2.05) is 30.3 Å². The highest BCUT2D eigenvalue weighted by molar-refractivity contribution is 7.93. The number of aryl methyl sites for hydroxylation is 1. The first kappa shape index (κ1) is 23.3. The molecule has 3 aromatic rings. The molecule has 8 heteroatoms. The average Bonchev–Trinajstić information content (AvgIpc) is 2.81. The number of hydrogen-bond acceptors (Lipinski definition) is 5. The molecule has 7 nitrogen and oxygen atoms in total. The Bertz CT molecular complexity index is 1170. The lowest BCUT2D eigenvalue weighted by molar-refractivity contribution is -0.130. The summed E-state index contributed by atoms with van der Waals surface area (Å²) >= 11 is 0. The fourth-order valence-electron chi connectivity index (χ4n) is 3.38. The number of sulfonamides is 1. The Labute approximate surface area is 189 Å². The number of methoxy groups -OCH3 is 1. The Kier molecular flexibility index (Phi) is 7.50. The van der Waals surface area contributed by atoms with Gasteiger partial charge in [0.1, 0.15) is 12.3 Å². The second-order valence-corrected chi connectivity index (χ2v) is 9.04. The molecule has 0 aromatic heterocycles. The van der Waals surface area contributed by atoms with Gasteiger partial charge in [-0.3, -0.25) is 9.10 Å². The van der Waals surface area contributed by atoms with Crippen molar-refractivity contribution in [2.45, 2.75) is 18.4 Å². The van der Waals surface area contributed by atoms with Gasteiger partial charge in [-0.25, -0.2) is 8.42 Å². The molecule has 32 heavy (non-hydrogen) atoms. The summed E-state index contributed by atoms with van der Waals surface area (Å²) in [5.41, 5.74) is 7.61. The molecule has 0 saturated heterocycles. The van der Waals surface area contributed by atoms with Gasteiger partial charge in [0.15, 0.2) is 0 Å². The fourth-order valence-corrected chi connectivity index (χ4v) is 5.03. The summed E-state index contributed by atoms with van der Waals surface area (Å²) < 4.78 is 33.9. The minimum absolute atomic E-state index is 0.0437. The maximum Gasteiger partial charge on any atom is 0.265 e. The van der Waals surface area contributed by atoms with Crippen molar-refractivity contribution in [3.8, 4) is 5.75 Å². The Morgan fingerprint density at radius 2 is 1.56 bits per heavy atom. The molecular formula is C24H27N3O4S. The molecule has 3 aromatic carbocycles. The fraction of sp³-hybridized carbons (Fsp3) is 0.208. The molecule has 0 aliphatic heterocycles. The van der Waals surface area contributed by atoms with Crippen LogP contribution in [0.15, 0.2) is 83.8 Å². The lowest BCUT2D eigenvalue weighted by atomic mass is 10.2. The minimum atomic E-state index is -4.06. The molecule has 0 unspecified atom stereocenters. The molecule has 0 aliphatic carbocycles. The Morgan fingerprint density at radius 1 is 0.938 bits per heavy atom. The smallest absolute Gasteiger partial charge is 0.265 e. The van der Waals surface area contributed by atoms with Gasteiger partial charge in [0, 0.05) is 6.54 Å². The van der Waals surface area contributed by atoms with Crippen molar-refractivity contribution < 1.29 is 17.9 Å². The van der Waals surface area contributed by atoms with Gasteiger partial charge in [-0.15, -0.1) is 0 Å².